The maximum atomic E-state index is 13.2. The molecule has 0 unspecified atom stereocenters. The molecule has 3 aromatic rings. The van der Waals surface area contributed by atoms with E-state index in [-0.39, 0.29) is 30.0 Å². The summed E-state index contributed by atoms with van der Waals surface area (Å²) in [5.41, 5.74) is 0.915. The van der Waals surface area contributed by atoms with E-state index in [2.05, 4.69) is 10.3 Å². The number of halogens is 4. The second-order valence-electron chi connectivity index (χ2n) is 7.38. The summed E-state index contributed by atoms with van der Waals surface area (Å²) in [4.78, 5) is 18.3. The Morgan fingerprint density at radius 2 is 1.83 bits per heavy atom. The van der Waals surface area contributed by atoms with Crippen LogP contribution in [-0.4, -0.2) is 43.1 Å². The first-order valence-corrected chi connectivity index (χ1v) is 10.8. The maximum absolute atomic E-state index is 13.2. The van der Waals surface area contributed by atoms with Crippen molar-refractivity contribution in [3.63, 3.8) is 0 Å². The fourth-order valence-corrected chi connectivity index (χ4v) is 3.22. The molecule has 1 heterocycles. The molecule has 0 spiro atoms. The zero-order valence-electron chi connectivity index (χ0n) is 19.0. The molecule has 0 bridgehead atoms. The molecule has 0 atom stereocenters. The summed E-state index contributed by atoms with van der Waals surface area (Å²) in [5.74, 6) is 0.286. The maximum Gasteiger partial charge on any atom is 0.417 e. The van der Waals surface area contributed by atoms with E-state index in [0.29, 0.717) is 23.1 Å². The number of nitrogens with one attached hydrogen (secondary N) is 1. The number of pyridine rings is 1. The summed E-state index contributed by atoms with van der Waals surface area (Å²) in [6, 6.07) is 17.1. The molecule has 0 aliphatic rings. The van der Waals surface area contributed by atoms with Gasteiger partial charge in [-0.05, 0) is 35.9 Å². The van der Waals surface area contributed by atoms with Gasteiger partial charge in [0.15, 0.2) is 0 Å². The van der Waals surface area contributed by atoms with E-state index < -0.39 is 11.7 Å². The lowest BCUT2D eigenvalue weighted by atomic mass is 10.1. The molecule has 6 nitrogen and oxygen atoms in total. The van der Waals surface area contributed by atoms with E-state index >= 15 is 0 Å². The van der Waals surface area contributed by atoms with Crippen LogP contribution in [0.25, 0.3) is 5.57 Å². The number of rotatable bonds is 9. The highest BCUT2D eigenvalue weighted by Gasteiger charge is 2.31. The van der Waals surface area contributed by atoms with E-state index in [1.807, 2.05) is 42.5 Å². The number of carbonyl (C=O) groups excluding carboxylic acids is 1. The SMILES string of the molecule is COc1ccc(NC=C(C(=O)N(C)CCOc2ncc(C(F)(F)F)cc2Cl)c2ccccc2)cc1. The van der Waals surface area contributed by atoms with Crippen molar-refractivity contribution in [2.45, 2.75) is 6.18 Å². The Balaban J connectivity index is 1.68. The minimum Gasteiger partial charge on any atom is -0.497 e. The number of nitrogens with zero attached hydrogens (tertiary/aromatic N) is 2. The summed E-state index contributed by atoms with van der Waals surface area (Å²) in [6.45, 7) is 0.124. The Kier molecular flexibility index (Phi) is 8.59. The molecule has 2 aromatic carbocycles. The molecule has 1 N–H and O–H groups in total. The number of aromatic nitrogens is 1. The van der Waals surface area contributed by atoms with Gasteiger partial charge in [0.05, 0.1) is 24.8 Å². The van der Waals surface area contributed by atoms with Crippen LogP contribution < -0.4 is 14.8 Å². The summed E-state index contributed by atoms with van der Waals surface area (Å²) in [6.07, 6.45) is -2.29. The van der Waals surface area contributed by atoms with Gasteiger partial charge < -0.3 is 19.7 Å². The zero-order chi connectivity index (χ0) is 25.4. The van der Waals surface area contributed by atoms with Gasteiger partial charge in [-0.25, -0.2) is 4.98 Å². The van der Waals surface area contributed by atoms with Crippen molar-refractivity contribution < 1.29 is 27.4 Å². The molecule has 10 heteroatoms. The van der Waals surface area contributed by atoms with Crippen molar-refractivity contribution in [2.75, 3.05) is 32.6 Å². The molecule has 184 valence electrons. The van der Waals surface area contributed by atoms with Gasteiger partial charge >= 0.3 is 6.18 Å². The van der Waals surface area contributed by atoms with Crippen LogP contribution in [0, 0.1) is 0 Å². The Labute approximate surface area is 205 Å². The summed E-state index contributed by atoms with van der Waals surface area (Å²) in [5, 5.41) is 2.86. The van der Waals surface area contributed by atoms with Crippen LogP contribution in [0.2, 0.25) is 5.02 Å². The molecule has 35 heavy (non-hydrogen) atoms. The molecule has 0 aliphatic carbocycles. The summed E-state index contributed by atoms with van der Waals surface area (Å²) in [7, 11) is 3.17. The highest BCUT2D eigenvalue weighted by atomic mass is 35.5. The first-order valence-electron chi connectivity index (χ1n) is 10.5. The van der Waals surface area contributed by atoms with Crippen LogP contribution in [0.1, 0.15) is 11.1 Å². The van der Waals surface area contributed by atoms with Crippen molar-refractivity contribution >= 4 is 28.8 Å². The smallest absolute Gasteiger partial charge is 0.417 e. The monoisotopic (exact) mass is 505 g/mol. The Morgan fingerprint density at radius 3 is 2.43 bits per heavy atom. The number of likely N-dealkylation sites (N-methyl/N-ethyl adjacent to an activating group) is 1. The normalized spacial score (nSPS) is 11.7. The molecule has 0 fully saturated rings. The second kappa shape index (κ2) is 11.6. The summed E-state index contributed by atoms with van der Waals surface area (Å²) < 4.78 is 48.9. The number of ether oxygens (including phenoxy) is 2. The molecule has 1 amide bonds. The van der Waals surface area contributed by atoms with Crippen molar-refractivity contribution in [3.8, 4) is 11.6 Å². The van der Waals surface area contributed by atoms with Crippen molar-refractivity contribution in [2.24, 2.45) is 0 Å². The molecule has 0 radical (unpaired) electrons. The predicted octanol–water partition coefficient (Wildman–Crippen LogP) is 5.75. The molecule has 0 saturated carbocycles. The topological polar surface area (TPSA) is 63.7 Å². The predicted molar refractivity (Wildman–Crippen MR) is 128 cm³/mol. The number of carbonyl (C=O) groups is 1. The second-order valence-corrected chi connectivity index (χ2v) is 7.79. The van der Waals surface area contributed by atoms with Crippen LogP contribution in [0.15, 0.2) is 73.1 Å². The number of methoxy groups -OCH3 is 1. The lowest BCUT2D eigenvalue weighted by Crippen LogP contribution is -2.32. The van der Waals surface area contributed by atoms with Gasteiger partial charge in [-0.1, -0.05) is 41.9 Å². The van der Waals surface area contributed by atoms with E-state index in [0.717, 1.165) is 11.8 Å². The van der Waals surface area contributed by atoms with Crippen LogP contribution >= 0.6 is 11.6 Å². The van der Waals surface area contributed by atoms with Crippen molar-refractivity contribution in [3.05, 3.63) is 89.2 Å². The third-order valence-electron chi connectivity index (χ3n) is 4.94. The lowest BCUT2D eigenvalue weighted by molar-refractivity contribution is -0.137. The highest BCUT2D eigenvalue weighted by molar-refractivity contribution is 6.31. The number of hydrogen-bond acceptors (Lipinski definition) is 5. The number of hydrogen-bond donors (Lipinski definition) is 1. The Hall–Kier alpha value is -3.72. The average molecular weight is 506 g/mol. The van der Waals surface area contributed by atoms with Gasteiger partial charge in [-0.15, -0.1) is 0 Å². The van der Waals surface area contributed by atoms with Crippen molar-refractivity contribution in [1.29, 1.82) is 0 Å². The van der Waals surface area contributed by atoms with Crippen LogP contribution in [-0.2, 0) is 11.0 Å². The summed E-state index contributed by atoms with van der Waals surface area (Å²) >= 11 is 5.87. The van der Waals surface area contributed by atoms with Gasteiger partial charge in [0.2, 0.25) is 5.88 Å². The molecular formula is C25H23ClF3N3O3. The number of benzene rings is 2. The quantitative estimate of drug-likeness (QED) is 0.375. The lowest BCUT2D eigenvalue weighted by Gasteiger charge is -2.20. The minimum absolute atomic E-state index is 0.0195. The number of anilines is 1. The van der Waals surface area contributed by atoms with Gasteiger partial charge in [0.25, 0.3) is 5.91 Å². The molecular weight excluding hydrogens is 483 g/mol. The molecule has 0 saturated heterocycles. The van der Waals surface area contributed by atoms with E-state index in [1.165, 1.54) is 4.90 Å². The van der Waals surface area contributed by atoms with Gasteiger partial charge in [-0.2, -0.15) is 13.2 Å². The zero-order valence-corrected chi connectivity index (χ0v) is 19.7. The fraction of sp³-hybridized carbons (Fsp3) is 0.200. The van der Waals surface area contributed by atoms with Gasteiger partial charge in [0.1, 0.15) is 17.4 Å². The highest BCUT2D eigenvalue weighted by Crippen LogP contribution is 2.33. The Bertz CT molecular complexity index is 1170. The van der Waals surface area contributed by atoms with Crippen molar-refractivity contribution in [1.82, 2.24) is 9.88 Å². The standard InChI is InChI=1S/C25H23ClF3N3O3/c1-32(12-13-35-23-22(26)14-18(15-31-23)25(27,28)29)24(33)21(17-6-4-3-5-7-17)16-30-19-8-10-20(34-2)11-9-19/h3-11,14-16,30H,12-13H2,1-2H3. The van der Waals surface area contributed by atoms with Crippen LogP contribution in [0.4, 0.5) is 18.9 Å². The molecule has 1 aromatic heterocycles. The third-order valence-corrected chi connectivity index (χ3v) is 5.21. The first-order chi connectivity index (χ1) is 16.7. The minimum atomic E-state index is -4.55. The number of alkyl halides is 3. The van der Waals surface area contributed by atoms with Gasteiger partial charge in [0, 0.05) is 25.1 Å². The Morgan fingerprint density at radius 1 is 1.14 bits per heavy atom. The van der Waals surface area contributed by atoms with E-state index in [9.17, 15) is 18.0 Å². The molecule has 3 rings (SSSR count). The molecule has 0 aliphatic heterocycles. The fourth-order valence-electron chi connectivity index (χ4n) is 3.00. The van der Waals surface area contributed by atoms with E-state index in [4.69, 9.17) is 21.1 Å². The largest absolute Gasteiger partial charge is 0.497 e. The van der Waals surface area contributed by atoms with E-state index in [1.54, 1.807) is 32.5 Å². The average Bonchev–Trinajstić information content (AvgIpc) is 2.85. The van der Waals surface area contributed by atoms with Gasteiger partial charge in [-0.3, -0.25) is 4.79 Å². The number of amides is 1. The van der Waals surface area contributed by atoms with Crippen LogP contribution in [0.3, 0.4) is 0 Å². The van der Waals surface area contributed by atoms with Crippen LogP contribution in [0.5, 0.6) is 11.6 Å². The third kappa shape index (κ3) is 7.13. The first kappa shape index (κ1) is 25.9.